The molecule has 2 N–H and O–H groups in total. The monoisotopic (exact) mass is 217 g/mol. The molecule has 0 aliphatic rings. The summed E-state index contributed by atoms with van der Waals surface area (Å²) in [6.07, 6.45) is 2.99. The average Bonchev–Trinajstić information content (AvgIpc) is 2.66. The van der Waals surface area contributed by atoms with Crippen LogP contribution in [0.3, 0.4) is 0 Å². The molecule has 0 fully saturated rings. The molecule has 5 nitrogen and oxygen atoms in total. The molecule has 2 aromatic heterocycles. The van der Waals surface area contributed by atoms with Crippen molar-refractivity contribution in [3.63, 3.8) is 0 Å². The minimum atomic E-state index is -0.535. The molecule has 0 atom stereocenters. The van der Waals surface area contributed by atoms with Crippen molar-refractivity contribution in [1.82, 2.24) is 9.38 Å². The summed E-state index contributed by atoms with van der Waals surface area (Å²) in [5.41, 5.74) is 7.19. The van der Waals surface area contributed by atoms with Crippen LogP contribution >= 0.6 is 0 Å². The fourth-order valence-electron chi connectivity index (χ4n) is 1.74. The predicted octanol–water partition coefficient (Wildman–Crippen LogP) is 0.808. The van der Waals surface area contributed by atoms with Gasteiger partial charge in [-0.15, -0.1) is 0 Å². The smallest absolute Gasteiger partial charge is 0.267 e. The summed E-state index contributed by atoms with van der Waals surface area (Å²) in [4.78, 5) is 26.4. The molecule has 1 amide bonds. The van der Waals surface area contributed by atoms with Crippen LogP contribution in [0.1, 0.15) is 33.5 Å². The molecule has 0 bridgehead atoms. The lowest BCUT2D eigenvalue weighted by Crippen LogP contribution is -2.15. The Labute approximate surface area is 91.9 Å². The van der Waals surface area contributed by atoms with Crippen LogP contribution < -0.4 is 5.73 Å². The van der Waals surface area contributed by atoms with Crippen LogP contribution in [0.15, 0.2) is 18.3 Å². The first kappa shape index (κ1) is 10.4. The van der Waals surface area contributed by atoms with Gasteiger partial charge >= 0.3 is 0 Å². The zero-order valence-corrected chi connectivity index (χ0v) is 8.80. The number of carbonyl (C=O) groups is 2. The molecular weight excluding hydrogens is 206 g/mol. The fourth-order valence-corrected chi connectivity index (χ4v) is 1.74. The molecule has 2 aromatic rings. The van der Waals surface area contributed by atoms with E-state index in [4.69, 9.17) is 5.73 Å². The maximum Gasteiger partial charge on any atom is 0.267 e. The van der Waals surface area contributed by atoms with E-state index in [1.165, 1.54) is 0 Å². The molecule has 0 aromatic carbocycles. The number of imidazole rings is 1. The van der Waals surface area contributed by atoms with Crippen molar-refractivity contribution < 1.29 is 9.59 Å². The number of aromatic nitrogens is 2. The largest absolute Gasteiger partial charge is 0.364 e. The molecule has 0 saturated heterocycles. The third kappa shape index (κ3) is 1.37. The van der Waals surface area contributed by atoms with E-state index < -0.39 is 5.91 Å². The van der Waals surface area contributed by atoms with Crippen LogP contribution in [-0.4, -0.2) is 21.6 Å². The predicted molar refractivity (Wildman–Crippen MR) is 58.5 cm³/mol. The van der Waals surface area contributed by atoms with Gasteiger partial charge in [-0.1, -0.05) is 6.92 Å². The van der Waals surface area contributed by atoms with E-state index >= 15 is 0 Å². The average molecular weight is 217 g/mol. The normalized spacial score (nSPS) is 10.6. The van der Waals surface area contributed by atoms with Gasteiger partial charge in [-0.25, -0.2) is 4.98 Å². The zero-order valence-electron chi connectivity index (χ0n) is 8.80. The number of pyridine rings is 1. The molecule has 2 heterocycles. The topological polar surface area (TPSA) is 77.5 Å². The maximum atomic E-state index is 11.3. The Morgan fingerprint density at radius 3 is 2.94 bits per heavy atom. The van der Waals surface area contributed by atoms with Crippen molar-refractivity contribution >= 4 is 17.8 Å². The van der Waals surface area contributed by atoms with Crippen LogP contribution in [0.4, 0.5) is 0 Å². The lowest BCUT2D eigenvalue weighted by Gasteiger charge is -1.99. The van der Waals surface area contributed by atoms with Gasteiger partial charge in [0.15, 0.2) is 6.29 Å². The lowest BCUT2D eigenvalue weighted by atomic mass is 10.2. The minimum Gasteiger partial charge on any atom is -0.364 e. The van der Waals surface area contributed by atoms with Gasteiger partial charge in [0.1, 0.15) is 11.3 Å². The lowest BCUT2D eigenvalue weighted by molar-refractivity contribution is 0.0993. The number of nitrogens with two attached hydrogens (primary N) is 1. The number of carbonyl (C=O) groups excluding carboxylic acids is 2. The highest BCUT2D eigenvalue weighted by Crippen LogP contribution is 2.15. The number of aldehydes is 1. The Morgan fingerprint density at radius 1 is 1.62 bits per heavy atom. The number of primary amides is 1. The van der Waals surface area contributed by atoms with Crippen molar-refractivity contribution in [2.75, 3.05) is 0 Å². The summed E-state index contributed by atoms with van der Waals surface area (Å²) in [6.45, 7) is 1.88. The number of hydrogen-bond donors (Lipinski definition) is 1. The highest BCUT2D eigenvalue weighted by atomic mass is 16.1. The van der Waals surface area contributed by atoms with Gasteiger partial charge in [-0.05, 0) is 18.6 Å². The second kappa shape index (κ2) is 3.77. The quantitative estimate of drug-likeness (QED) is 0.773. The van der Waals surface area contributed by atoms with Gasteiger partial charge in [0.2, 0.25) is 0 Å². The van der Waals surface area contributed by atoms with E-state index in [1.54, 1.807) is 22.7 Å². The standard InChI is InChI=1S/C11H11N3O2/c1-2-8-9(10(12)16)14-5-3-4-7(6-15)11(14)13-8/h3-6H,2H2,1H3,(H2,12,16). The number of amides is 1. The van der Waals surface area contributed by atoms with E-state index in [0.717, 1.165) is 0 Å². The number of rotatable bonds is 3. The van der Waals surface area contributed by atoms with Crippen molar-refractivity contribution in [3.05, 3.63) is 35.3 Å². The summed E-state index contributed by atoms with van der Waals surface area (Å²) < 4.78 is 1.56. The van der Waals surface area contributed by atoms with E-state index in [0.29, 0.717) is 35.3 Å². The number of nitrogens with zero attached hydrogens (tertiary/aromatic N) is 2. The Hall–Kier alpha value is -2.17. The van der Waals surface area contributed by atoms with Gasteiger partial charge in [-0.2, -0.15) is 0 Å². The van der Waals surface area contributed by atoms with Crippen molar-refractivity contribution in [1.29, 1.82) is 0 Å². The Morgan fingerprint density at radius 2 is 2.38 bits per heavy atom. The van der Waals surface area contributed by atoms with Gasteiger partial charge < -0.3 is 5.73 Å². The molecule has 16 heavy (non-hydrogen) atoms. The van der Waals surface area contributed by atoms with Crippen LogP contribution in [0.2, 0.25) is 0 Å². The SMILES string of the molecule is CCc1nc2c(C=O)cccn2c1C(N)=O. The number of fused-ring (bicyclic) bond motifs is 1. The summed E-state index contributed by atoms with van der Waals surface area (Å²) in [6, 6.07) is 3.34. The first-order chi connectivity index (χ1) is 7.69. The van der Waals surface area contributed by atoms with Gasteiger partial charge in [0.25, 0.3) is 5.91 Å². The van der Waals surface area contributed by atoms with Crippen molar-refractivity contribution in [2.24, 2.45) is 5.73 Å². The molecule has 0 spiro atoms. The molecule has 0 aliphatic heterocycles. The Balaban J connectivity index is 2.87. The highest BCUT2D eigenvalue weighted by Gasteiger charge is 2.16. The van der Waals surface area contributed by atoms with Crippen molar-refractivity contribution in [3.8, 4) is 0 Å². The first-order valence-electron chi connectivity index (χ1n) is 4.94. The highest BCUT2D eigenvalue weighted by molar-refractivity contribution is 5.95. The van der Waals surface area contributed by atoms with Crippen LogP contribution in [0.5, 0.6) is 0 Å². The number of hydrogen-bond acceptors (Lipinski definition) is 3. The maximum absolute atomic E-state index is 11.3. The summed E-state index contributed by atoms with van der Waals surface area (Å²) >= 11 is 0. The Kier molecular flexibility index (Phi) is 2.44. The van der Waals surface area contributed by atoms with E-state index in [2.05, 4.69) is 4.98 Å². The van der Waals surface area contributed by atoms with Crippen LogP contribution in [0.25, 0.3) is 5.65 Å². The summed E-state index contributed by atoms with van der Waals surface area (Å²) in [7, 11) is 0. The van der Waals surface area contributed by atoms with Gasteiger partial charge in [0.05, 0.1) is 11.3 Å². The molecule has 0 unspecified atom stereocenters. The second-order valence-corrected chi connectivity index (χ2v) is 3.40. The van der Waals surface area contributed by atoms with Crippen LogP contribution in [0, 0.1) is 0 Å². The molecule has 5 heteroatoms. The number of aryl methyl sites for hydroxylation is 1. The molecule has 0 radical (unpaired) electrons. The van der Waals surface area contributed by atoms with E-state index in [-0.39, 0.29) is 0 Å². The fraction of sp³-hybridized carbons (Fsp3) is 0.182. The summed E-state index contributed by atoms with van der Waals surface area (Å²) in [5.74, 6) is -0.535. The minimum absolute atomic E-state index is 0.348. The second-order valence-electron chi connectivity index (χ2n) is 3.40. The van der Waals surface area contributed by atoms with Gasteiger partial charge in [0, 0.05) is 6.20 Å². The first-order valence-corrected chi connectivity index (χ1v) is 4.94. The molecule has 2 rings (SSSR count). The molecule has 0 aliphatic carbocycles. The summed E-state index contributed by atoms with van der Waals surface area (Å²) in [5, 5.41) is 0. The van der Waals surface area contributed by atoms with Gasteiger partial charge in [-0.3, -0.25) is 14.0 Å². The third-order valence-corrected chi connectivity index (χ3v) is 2.45. The van der Waals surface area contributed by atoms with E-state index in [9.17, 15) is 9.59 Å². The molecule has 82 valence electrons. The zero-order chi connectivity index (χ0) is 11.7. The molecular formula is C11H11N3O2. The third-order valence-electron chi connectivity index (χ3n) is 2.45. The molecule has 0 saturated carbocycles. The van der Waals surface area contributed by atoms with E-state index in [1.807, 2.05) is 6.92 Å². The van der Waals surface area contributed by atoms with Crippen LogP contribution in [-0.2, 0) is 6.42 Å². The Bertz CT molecular complexity index is 572. The van der Waals surface area contributed by atoms with Crippen molar-refractivity contribution in [2.45, 2.75) is 13.3 Å².